The highest BCUT2D eigenvalue weighted by molar-refractivity contribution is 5.99. The van der Waals surface area contributed by atoms with Crippen LogP contribution in [0.1, 0.15) is 21.5 Å². The molecule has 0 bridgehead atoms. The molecule has 1 aromatic carbocycles. The summed E-state index contributed by atoms with van der Waals surface area (Å²) in [7, 11) is 1.89. The smallest absolute Gasteiger partial charge is 0.564 e. The van der Waals surface area contributed by atoms with Gasteiger partial charge in [-0.25, -0.2) is 0 Å². The van der Waals surface area contributed by atoms with E-state index >= 15 is 0 Å². The van der Waals surface area contributed by atoms with E-state index in [0.29, 0.717) is 6.54 Å². The van der Waals surface area contributed by atoms with Crippen LogP contribution in [0.5, 0.6) is 0 Å². The van der Waals surface area contributed by atoms with Crippen molar-refractivity contribution in [2.75, 3.05) is 13.6 Å². The van der Waals surface area contributed by atoms with E-state index in [1.54, 1.807) is 9.80 Å². The molecule has 1 aliphatic rings. The van der Waals surface area contributed by atoms with Crippen molar-refractivity contribution in [3.8, 4) is 0 Å². The van der Waals surface area contributed by atoms with Crippen molar-refractivity contribution in [2.45, 2.75) is 13.8 Å². The summed E-state index contributed by atoms with van der Waals surface area (Å²) in [5.74, 6) is 0.120. The molecule has 0 fully saturated rings. The van der Waals surface area contributed by atoms with E-state index in [0.717, 1.165) is 11.1 Å². The molecule has 1 aromatic rings. The summed E-state index contributed by atoms with van der Waals surface area (Å²) in [5.41, 5.74) is 3.00. The van der Waals surface area contributed by atoms with E-state index in [4.69, 9.17) is 0 Å². The molecule has 4 heteroatoms. The SMILES string of the molecule is Cc1ccc(C(=O)CN2[C+]N(C)C=C2)c(C)c1.[Cl-]. The second-order valence-electron chi connectivity index (χ2n) is 4.38. The Labute approximate surface area is 114 Å². The van der Waals surface area contributed by atoms with Gasteiger partial charge in [-0.1, -0.05) is 23.8 Å². The maximum Gasteiger partial charge on any atom is 0.564 e. The van der Waals surface area contributed by atoms with Crippen molar-refractivity contribution in [1.29, 1.82) is 0 Å². The molecule has 0 aliphatic carbocycles. The highest BCUT2D eigenvalue weighted by atomic mass is 35.5. The van der Waals surface area contributed by atoms with E-state index in [1.807, 2.05) is 51.5 Å². The van der Waals surface area contributed by atoms with Crippen LogP contribution in [0.2, 0.25) is 0 Å². The Morgan fingerprint density at radius 2 is 2.00 bits per heavy atom. The van der Waals surface area contributed by atoms with Crippen LogP contribution in [-0.2, 0) is 0 Å². The highest BCUT2D eigenvalue weighted by Gasteiger charge is 2.30. The Morgan fingerprint density at radius 3 is 2.56 bits per heavy atom. The molecule has 0 saturated heterocycles. The molecule has 1 aliphatic heterocycles. The number of benzene rings is 1. The van der Waals surface area contributed by atoms with Gasteiger partial charge in [0.1, 0.15) is 6.54 Å². The van der Waals surface area contributed by atoms with Crippen LogP contribution in [0.15, 0.2) is 30.6 Å². The van der Waals surface area contributed by atoms with Crippen molar-refractivity contribution in [3.05, 3.63) is 54.0 Å². The minimum atomic E-state index is 0. The van der Waals surface area contributed by atoms with Gasteiger partial charge in [0.05, 0.1) is 19.4 Å². The minimum Gasteiger partial charge on any atom is -1.00 e. The van der Waals surface area contributed by atoms with Crippen LogP contribution in [0.3, 0.4) is 0 Å². The summed E-state index contributed by atoms with van der Waals surface area (Å²) in [5, 5.41) is 0. The molecule has 0 unspecified atom stereocenters. The normalized spacial score (nSPS) is 13.3. The number of Topliss-reactive ketones (excluding diaryl/α,β-unsaturated/α-hetero) is 1. The van der Waals surface area contributed by atoms with Gasteiger partial charge in [0.2, 0.25) is 0 Å². The fraction of sp³-hybridized carbons (Fsp3) is 0.286. The Kier molecular flexibility index (Phi) is 4.68. The van der Waals surface area contributed by atoms with Crippen molar-refractivity contribution < 1.29 is 17.2 Å². The average Bonchev–Trinajstić information content (AvgIpc) is 2.63. The molecule has 18 heavy (non-hydrogen) atoms. The lowest BCUT2D eigenvalue weighted by Gasteiger charge is -2.06. The van der Waals surface area contributed by atoms with Crippen LogP contribution in [0, 0.1) is 20.5 Å². The standard InChI is InChI=1S/C14H16N2O.ClH/c1-11-4-5-13(12(2)8-11)14(17)9-16-7-6-15(3)10-16;/h4-8H,9H2,1-3H3;1H/q+1;/p-1. The molecule has 0 aromatic heterocycles. The van der Waals surface area contributed by atoms with E-state index in [1.165, 1.54) is 5.56 Å². The van der Waals surface area contributed by atoms with Gasteiger partial charge in [0.25, 0.3) is 0 Å². The first-order chi connectivity index (χ1) is 8.06. The highest BCUT2D eigenvalue weighted by Crippen LogP contribution is 2.14. The monoisotopic (exact) mass is 263 g/mol. The van der Waals surface area contributed by atoms with Gasteiger partial charge in [-0.3, -0.25) is 4.79 Å². The topological polar surface area (TPSA) is 23.6 Å². The van der Waals surface area contributed by atoms with Crippen molar-refractivity contribution >= 4 is 5.78 Å². The molecule has 0 amide bonds. The van der Waals surface area contributed by atoms with Crippen molar-refractivity contribution in [3.63, 3.8) is 0 Å². The Balaban J connectivity index is 0.00000162. The number of hydrogen-bond donors (Lipinski definition) is 0. The second-order valence-corrected chi connectivity index (χ2v) is 4.38. The fourth-order valence-corrected chi connectivity index (χ4v) is 1.90. The summed E-state index contributed by atoms with van der Waals surface area (Å²) in [6.07, 6.45) is 3.72. The van der Waals surface area contributed by atoms with E-state index in [2.05, 4.69) is 6.67 Å². The van der Waals surface area contributed by atoms with Gasteiger partial charge < -0.3 is 12.4 Å². The zero-order valence-electron chi connectivity index (χ0n) is 10.8. The van der Waals surface area contributed by atoms with Gasteiger partial charge >= 0.3 is 6.67 Å². The van der Waals surface area contributed by atoms with Crippen molar-refractivity contribution in [2.24, 2.45) is 0 Å². The first-order valence-electron chi connectivity index (χ1n) is 5.61. The minimum absolute atomic E-state index is 0. The zero-order valence-corrected chi connectivity index (χ0v) is 11.5. The Morgan fingerprint density at radius 1 is 1.28 bits per heavy atom. The zero-order chi connectivity index (χ0) is 12.4. The Bertz CT molecular complexity index is 471. The number of nitrogens with zero attached hydrogens (tertiary/aromatic N) is 2. The first-order valence-corrected chi connectivity index (χ1v) is 5.61. The quantitative estimate of drug-likeness (QED) is 0.527. The van der Waals surface area contributed by atoms with Crippen LogP contribution in [0.25, 0.3) is 0 Å². The van der Waals surface area contributed by atoms with Gasteiger partial charge in [0, 0.05) is 5.56 Å². The molecule has 1 radical (unpaired) electrons. The van der Waals surface area contributed by atoms with E-state index in [9.17, 15) is 4.79 Å². The summed E-state index contributed by atoms with van der Waals surface area (Å²) >= 11 is 0. The average molecular weight is 264 g/mol. The van der Waals surface area contributed by atoms with Gasteiger partial charge in [0.15, 0.2) is 5.78 Å². The predicted molar refractivity (Wildman–Crippen MR) is 67.1 cm³/mol. The van der Waals surface area contributed by atoms with E-state index < -0.39 is 0 Å². The molecule has 95 valence electrons. The van der Waals surface area contributed by atoms with E-state index in [-0.39, 0.29) is 18.2 Å². The number of aryl methyl sites for hydroxylation is 2. The van der Waals surface area contributed by atoms with Crippen molar-refractivity contribution in [1.82, 2.24) is 9.80 Å². The predicted octanol–water partition coefficient (Wildman–Crippen LogP) is -0.795. The fourth-order valence-electron chi connectivity index (χ4n) is 1.90. The summed E-state index contributed by atoms with van der Waals surface area (Å²) in [6, 6.07) is 5.91. The molecule has 0 saturated carbocycles. The van der Waals surface area contributed by atoms with Gasteiger partial charge in [-0.15, -0.1) is 9.80 Å². The lowest BCUT2D eigenvalue weighted by atomic mass is 10.0. The summed E-state index contributed by atoms with van der Waals surface area (Å²) in [4.78, 5) is 15.7. The largest absolute Gasteiger partial charge is 1.00 e. The molecular weight excluding hydrogens is 248 g/mol. The van der Waals surface area contributed by atoms with Crippen LogP contribution in [0.4, 0.5) is 0 Å². The number of ketones is 1. The molecule has 0 N–H and O–H groups in total. The first kappa shape index (κ1) is 14.5. The number of carbonyl (C=O) groups is 1. The number of hydrogen-bond acceptors (Lipinski definition) is 3. The maximum absolute atomic E-state index is 12.1. The number of carbonyl (C=O) groups excluding carboxylic acids is 1. The van der Waals surface area contributed by atoms with Crippen LogP contribution < -0.4 is 12.4 Å². The third-order valence-corrected chi connectivity index (χ3v) is 2.75. The van der Waals surface area contributed by atoms with Gasteiger partial charge in [-0.05, 0) is 19.4 Å². The lowest BCUT2D eigenvalue weighted by Crippen LogP contribution is -3.00. The molecular formula is C14H16ClN2O. The Hall–Kier alpha value is -1.61. The molecule has 0 atom stereocenters. The molecule has 0 spiro atoms. The molecule has 3 nitrogen and oxygen atoms in total. The van der Waals surface area contributed by atoms with Crippen LogP contribution in [-0.4, -0.2) is 29.2 Å². The van der Waals surface area contributed by atoms with Crippen LogP contribution >= 0.6 is 0 Å². The molecule has 1 heterocycles. The molecule has 2 rings (SSSR count). The third-order valence-electron chi connectivity index (χ3n) is 2.75. The third kappa shape index (κ3) is 3.20. The maximum atomic E-state index is 12.1. The van der Waals surface area contributed by atoms with Gasteiger partial charge in [-0.2, -0.15) is 0 Å². The summed E-state index contributed by atoms with van der Waals surface area (Å²) in [6.45, 7) is 7.36. The number of halogens is 1. The summed E-state index contributed by atoms with van der Waals surface area (Å²) < 4.78 is 0. The number of rotatable bonds is 3. The second kappa shape index (κ2) is 5.83. The lowest BCUT2D eigenvalue weighted by molar-refractivity contribution is -0.0000117.